The molecule has 0 atom stereocenters. The molecule has 0 unspecified atom stereocenters. The number of aromatic nitrogens is 2. The highest BCUT2D eigenvalue weighted by atomic mass is 16.5. The van der Waals surface area contributed by atoms with E-state index in [1.807, 2.05) is 4.90 Å². The van der Waals surface area contributed by atoms with Crippen LogP contribution in [-0.4, -0.2) is 59.5 Å². The molecule has 3 heterocycles. The number of furan rings is 1. The summed E-state index contributed by atoms with van der Waals surface area (Å²) in [6, 6.07) is 4.96. The van der Waals surface area contributed by atoms with Gasteiger partial charge in [0.1, 0.15) is 5.76 Å². The van der Waals surface area contributed by atoms with Crippen LogP contribution in [0.15, 0.2) is 35.0 Å². The van der Waals surface area contributed by atoms with E-state index in [0.29, 0.717) is 37.9 Å². The monoisotopic (exact) mass is 330 g/mol. The van der Waals surface area contributed by atoms with E-state index in [0.717, 1.165) is 0 Å². The van der Waals surface area contributed by atoms with Gasteiger partial charge < -0.3 is 19.0 Å². The van der Waals surface area contributed by atoms with Crippen LogP contribution < -0.4 is 4.90 Å². The lowest BCUT2D eigenvalue weighted by molar-refractivity contribution is -0.134. The van der Waals surface area contributed by atoms with E-state index in [9.17, 15) is 9.59 Å². The zero-order valence-corrected chi connectivity index (χ0v) is 13.3. The smallest absolute Gasteiger partial charge is 0.374 e. The highest BCUT2D eigenvalue weighted by molar-refractivity contribution is 5.88. The number of hydrogen-bond acceptors (Lipinski definition) is 7. The van der Waals surface area contributed by atoms with Gasteiger partial charge in [0.2, 0.25) is 11.7 Å². The predicted molar refractivity (Wildman–Crippen MR) is 84.6 cm³/mol. The molecular weight excluding hydrogens is 312 g/mol. The van der Waals surface area contributed by atoms with Crippen LogP contribution in [0.5, 0.6) is 0 Å². The lowest BCUT2D eigenvalue weighted by Gasteiger charge is -2.34. The Kier molecular flexibility index (Phi) is 4.74. The third-order valence-electron chi connectivity index (χ3n) is 3.74. The minimum atomic E-state index is -0.632. The summed E-state index contributed by atoms with van der Waals surface area (Å²) in [4.78, 5) is 36.0. The van der Waals surface area contributed by atoms with Crippen LogP contribution in [0.3, 0.4) is 0 Å². The fourth-order valence-electron chi connectivity index (χ4n) is 2.44. The molecule has 2 aromatic rings. The summed E-state index contributed by atoms with van der Waals surface area (Å²) in [5.41, 5.74) is 0. The molecule has 0 spiro atoms. The average molecular weight is 330 g/mol. The number of anilines is 1. The first-order valence-corrected chi connectivity index (χ1v) is 7.67. The van der Waals surface area contributed by atoms with Crippen molar-refractivity contribution < 1.29 is 18.7 Å². The summed E-state index contributed by atoms with van der Waals surface area (Å²) >= 11 is 0. The molecule has 0 N–H and O–H groups in total. The third-order valence-corrected chi connectivity index (χ3v) is 3.74. The largest absolute Gasteiger partial charge is 0.454 e. The van der Waals surface area contributed by atoms with Crippen LogP contribution >= 0.6 is 0 Å². The van der Waals surface area contributed by atoms with E-state index in [2.05, 4.69) is 9.97 Å². The molecule has 0 bridgehead atoms. The molecule has 0 radical (unpaired) electrons. The van der Waals surface area contributed by atoms with E-state index in [-0.39, 0.29) is 18.3 Å². The Morgan fingerprint density at radius 3 is 2.50 bits per heavy atom. The minimum absolute atomic E-state index is 0.103. The van der Waals surface area contributed by atoms with Gasteiger partial charge in [0.05, 0.1) is 0 Å². The Hall–Kier alpha value is -2.90. The minimum Gasteiger partial charge on any atom is -0.454 e. The Morgan fingerprint density at radius 2 is 1.88 bits per heavy atom. The quantitative estimate of drug-likeness (QED) is 0.769. The van der Waals surface area contributed by atoms with Crippen molar-refractivity contribution in [1.29, 1.82) is 0 Å². The van der Waals surface area contributed by atoms with Crippen LogP contribution in [0, 0.1) is 6.92 Å². The maximum absolute atomic E-state index is 12.2. The van der Waals surface area contributed by atoms with Gasteiger partial charge in [-0.2, -0.15) is 0 Å². The first kappa shape index (κ1) is 16.0. The van der Waals surface area contributed by atoms with Crippen molar-refractivity contribution >= 4 is 17.8 Å². The summed E-state index contributed by atoms with van der Waals surface area (Å²) in [5, 5.41) is 0. The van der Waals surface area contributed by atoms with Crippen molar-refractivity contribution in [1.82, 2.24) is 14.9 Å². The van der Waals surface area contributed by atoms with Gasteiger partial charge >= 0.3 is 5.97 Å². The van der Waals surface area contributed by atoms with E-state index in [4.69, 9.17) is 9.15 Å². The molecule has 1 aliphatic rings. The van der Waals surface area contributed by atoms with Gasteiger partial charge in [-0.05, 0) is 25.1 Å². The van der Waals surface area contributed by atoms with Crippen molar-refractivity contribution in [2.75, 3.05) is 37.7 Å². The van der Waals surface area contributed by atoms with Gasteiger partial charge in [-0.25, -0.2) is 14.8 Å². The maximum atomic E-state index is 12.2. The SMILES string of the molecule is Cc1ccc(C(=O)OCC(=O)N2CCN(c3ncccn3)CC2)o1. The normalized spacial score (nSPS) is 14.5. The van der Waals surface area contributed by atoms with Crippen LogP contribution in [-0.2, 0) is 9.53 Å². The van der Waals surface area contributed by atoms with Gasteiger partial charge in [-0.15, -0.1) is 0 Å². The highest BCUT2D eigenvalue weighted by Crippen LogP contribution is 2.11. The average Bonchev–Trinajstić information content (AvgIpc) is 3.07. The van der Waals surface area contributed by atoms with E-state index in [1.54, 1.807) is 36.4 Å². The molecule has 1 fully saturated rings. The molecule has 2 aromatic heterocycles. The van der Waals surface area contributed by atoms with E-state index >= 15 is 0 Å². The number of ether oxygens (including phenoxy) is 1. The summed E-state index contributed by atoms with van der Waals surface area (Å²) in [7, 11) is 0. The van der Waals surface area contributed by atoms with Crippen molar-refractivity contribution in [3.05, 3.63) is 42.1 Å². The number of nitrogens with zero attached hydrogens (tertiary/aromatic N) is 4. The Bertz CT molecular complexity index is 708. The molecule has 24 heavy (non-hydrogen) atoms. The topological polar surface area (TPSA) is 88.8 Å². The van der Waals surface area contributed by atoms with Crippen molar-refractivity contribution in [2.45, 2.75) is 6.92 Å². The molecule has 126 valence electrons. The molecule has 0 saturated carbocycles. The molecule has 8 heteroatoms. The number of carbonyl (C=O) groups excluding carboxylic acids is 2. The Labute approximate surface area is 139 Å². The number of aryl methyl sites for hydroxylation is 1. The Balaban J connectivity index is 1.46. The molecular formula is C16H18N4O4. The lowest BCUT2D eigenvalue weighted by atomic mass is 10.3. The van der Waals surface area contributed by atoms with Gasteiger partial charge in [0.15, 0.2) is 6.61 Å². The van der Waals surface area contributed by atoms with Crippen molar-refractivity contribution in [3.63, 3.8) is 0 Å². The lowest BCUT2D eigenvalue weighted by Crippen LogP contribution is -2.50. The second-order valence-corrected chi connectivity index (χ2v) is 5.40. The molecule has 1 aliphatic heterocycles. The second kappa shape index (κ2) is 7.12. The summed E-state index contributed by atoms with van der Waals surface area (Å²) in [6.07, 6.45) is 3.38. The number of hydrogen-bond donors (Lipinski definition) is 0. The molecule has 1 saturated heterocycles. The molecule has 8 nitrogen and oxygen atoms in total. The fourth-order valence-corrected chi connectivity index (χ4v) is 2.44. The number of esters is 1. The number of carbonyl (C=O) groups is 2. The maximum Gasteiger partial charge on any atom is 0.374 e. The van der Waals surface area contributed by atoms with Crippen LogP contribution in [0.2, 0.25) is 0 Å². The number of rotatable bonds is 4. The predicted octanol–water partition coefficient (Wildman–Crippen LogP) is 0.884. The zero-order chi connectivity index (χ0) is 16.9. The first-order chi connectivity index (χ1) is 11.6. The van der Waals surface area contributed by atoms with Crippen LogP contribution in [0.25, 0.3) is 0 Å². The van der Waals surface area contributed by atoms with Crippen LogP contribution in [0.4, 0.5) is 5.95 Å². The van der Waals surface area contributed by atoms with Gasteiger partial charge in [0.25, 0.3) is 5.91 Å². The summed E-state index contributed by atoms with van der Waals surface area (Å²) < 4.78 is 10.2. The zero-order valence-electron chi connectivity index (χ0n) is 13.3. The van der Waals surface area contributed by atoms with Crippen molar-refractivity contribution in [3.8, 4) is 0 Å². The van der Waals surface area contributed by atoms with Crippen molar-refractivity contribution in [2.24, 2.45) is 0 Å². The van der Waals surface area contributed by atoms with Gasteiger partial charge in [0, 0.05) is 38.6 Å². The van der Waals surface area contributed by atoms with Crippen LogP contribution in [0.1, 0.15) is 16.3 Å². The van der Waals surface area contributed by atoms with Gasteiger partial charge in [-0.3, -0.25) is 4.79 Å². The third kappa shape index (κ3) is 3.70. The fraction of sp³-hybridized carbons (Fsp3) is 0.375. The second-order valence-electron chi connectivity index (χ2n) is 5.40. The molecule has 1 amide bonds. The summed E-state index contributed by atoms with van der Waals surface area (Å²) in [5.74, 6) is 0.524. The Morgan fingerprint density at radius 1 is 1.17 bits per heavy atom. The van der Waals surface area contributed by atoms with E-state index in [1.165, 1.54) is 6.07 Å². The highest BCUT2D eigenvalue weighted by Gasteiger charge is 2.23. The number of amides is 1. The molecule has 0 aliphatic carbocycles. The number of piperazine rings is 1. The molecule has 3 rings (SSSR count). The first-order valence-electron chi connectivity index (χ1n) is 7.67. The standard InChI is InChI=1S/C16H18N4O4/c1-12-3-4-13(24-12)15(22)23-11-14(21)19-7-9-20(10-8-19)16-17-5-2-6-18-16/h2-6H,7-11H2,1H3. The molecule has 0 aromatic carbocycles. The summed E-state index contributed by atoms with van der Waals surface area (Å²) in [6.45, 7) is 3.80. The van der Waals surface area contributed by atoms with Gasteiger partial charge in [-0.1, -0.05) is 0 Å². The van der Waals surface area contributed by atoms with E-state index < -0.39 is 5.97 Å².